The van der Waals surface area contributed by atoms with E-state index < -0.39 is 0 Å². The molecule has 92 valence electrons. The molecule has 4 heteroatoms. The molecule has 1 aromatic carbocycles. The summed E-state index contributed by atoms with van der Waals surface area (Å²) in [6.45, 7) is 0.374. The van der Waals surface area contributed by atoms with Gasteiger partial charge >= 0.3 is 5.97 Å². The third kappa shape index (κ3) is 3.98. The van der Waals surface area contributed by atoms with Gasteiger partial charge in [-0.2, -0.15) is 0 Å². The average Bonchev–Trinajstić information content (AvgIpc) is 2.38. The fourth-order valence-corrected chi connectivity index (χ4v) is 1.99. The molecule has 3 nitrogen and oxygen atoms in total. The van der Waals surface area contributed by atoms with Crippen LogP contribution in [0.2, 0.25) is 0 Å². The van der Waals surface area contributed by atoms with Crippen molar-refractivity contribution >= 4 is 27.5 Å². The molecule has 1 rings (SSSR count). The second kappa shape index (κ2) is 7.25. The summed E-state index contributed by atoms with van der Waals surface area (Å²) in [5.74, 6) is -0.374. The lowest BCUT2D eigenvalue weighted by Gasteiger charge is -2.10. The molecule has 0 bridgehead atoms. The molecule has 0 N–H and O–H groups in total. The van der Waals surface area contributed by atoms with E-state index in [4.69, 9.17) is 4.74 Å². The Balaban J connectivity index is 3.13. The normalized spacial score (nSPS) is 11.4. The first-order valence-electron chi connectivity index (χ1n) is 5.14. The lowest BCUT2D eigenvalue weighted by molar-refractivity contribution is -0.134. The number of rotatable bonds is 5. The third-order valence-electron chi connectivity index (χ3n) is 2.30. The summed E-state index contributed by atoms with van der Waals surface area (Å²) in [4.78, 5) is 11.3. The van der Waals surface area contributed by atoms with E-state index in [0.29, 0.717) is 6.61 Å². The van der Waals surface area contributed by atoms with Gasteiger partial charge in [0.05, 0.1) is 13.7 Å². The number of carbonyl (C=O) groups excluding carboxylic acids is 1. The van der Waals surface area contributed by atoms with E-state index in [0.717, 1.165) is 22.0 Å². The molecule has 0 unspecified atom stereocenters. The van der Waals surface area contributed by atoms with Crippen LogP contribution >= 0.6 is 15.9 Å². The lowest BCUT2D eigenvalue weighted by Crippen LogP contribution is -2.03. The van der Waals surface area contributed by atoms with E-state index in [1.54, 1.807) is 7.11 Å². The molecule has 0 fully saturated rings. The number of hydrogen-bond donors (Lipinski definition) is 0. The summed E-state index contributed by atoms with van der Waals surface area (Å²) in [6, 6.07) is 7.86. The Labute approximate surface area is 110 Å². The zero-order valence-corrected chi connectivity index (χ0v) is 11.5. The number of ether oxygens (including phenoxy) is 2. The third-order valence-corrected chi connectivity index (χ3v) is 2.90. The number of hydrogen-bond acceptors (Lipinski definition) is 3. The van der Waals surface area contributed by atoms with Crippen LogP contribution in [0, 0.1) is 0 Å². The summed E-state index contributed by atoms with van der Waals surface area (Å²) >= 11 is 3.43. The molecule has 0 saturated heterocycles. The first-order chi connectivity index (χ1) is 8.22. The van der Waals surface area contributed by atoms with Gasteiger partial charge in [-0.3, -0.25) is 0 Å². The molecule has 0 spiro atoms. The van der Waals surface area contributed by atoms with Crippen LogP contribution < -0.4 is 0 Å². The van der Waals surface area contributed by atoms with Crippen molar-refractivity contribution in [2.45, 2.75) is 5.33 Å². The number of alkyl halides is 1. The van der Waals surface area contributed by atoms with Gasteiger partial charge in [0.1, 0.15) is 0 Å². The summed E-state index contributed by atoms with van der Waals surface area (Å²) < 4.78 is 9.75. The Morgan fingerprint density at radius 1 is 1.35 bits per heavy atom. The molecule has 0 aromatic heterocycles. The van der Waals surface area contributed by atoms with Gasteiger partial charge in [0.15, 0.2) is 0 Å². The van der Waals surface area contributed by atoms with Crippen LogP contribution in [0.25, 0.3) is 5.57 Å². The summed E-state index contributed by atoms with van der Waals surface area (Å²) in [6.07, 6.45) is 1.46. The second-order valence-corrected chi connectivity index (χ2v) is 3.98. The Morgan fingerprint density at radius 2 is 2.06 bits per heavy atom. The fourth-order valence-electron chi connectivity index (χ4n) is 1.50. The minimum atomic E-state index is -0.374. The van der Waals surface area contributed by atoms with Gasteiger partial charge in [-0.25, -0.2) is 4.79 Å². The SMILES string of the molecule is COCC(=CC(=O)OC)c1ccccc1CBr. The summed E-state index contributed by atoms with van der Waals surface area (Å²) in [7, 11) is 2.96. The molecule has 0 aliphatic carbocycles. The van der Waals surface area contributed by atoms with Crippen molar-refractivity contribution in [1.29, 1.82) is 0 Å². The number of benzene rings is 1. The number of carbonyl (C=O) groups is 1. The molecule has 0 aliphatic rings. The van der Waals surface area contributed by atoms with E-state index in [1.165, 1.54) is 13.2 Å². The predicted molar refractivity (Wildman–Crippen MR) is 70.9 cm³/mol. The maximum Gasteiger partial charge on any atom is 0.330 e. The lowest BCUT2D eigenvalue weighted by atomic mass is 10.0. The highest BCUT2D eigenvalue weighted by Gasteiger charge is 2.08. The van der Waals surface area contributed by atoms with Gasteiger partial charge < -0.3 is 9.47 Å². The highest BCUT2D eigenvalue weighted by molar-refractivity contribution is 9.08. The first kappa shape index (κ1) is 13.9. The molecule has 0 amide bonds. The van der Waals surface area contributed by atoms with Crippen molar-refractivity contribution in [2.75, 3.05) is 20.8 Å². The monoisotopic (exact) mass is 298 g/mol. The minimum absolute atomic E-state index is 0.374. The predicted octanol–water partition coefficient (Wildman–Crippen LogP) is 2.78. The average molecular weight is 299 g/mol. The van der Waals surface area contributed by atoms with Gasteiger partial charge in [0.2, 0.25) is 0 Å². The zero-order chi connectivity index (χ0) is 12.7. The number of esters is 1. The summed E-state index contributed by atoms with van der Waals surface area (Å²) in [5, 5.41) is 0.728. The van der Waals surface area contributed by atoms with Crippen LogP contribution in [-0.4, -0.2) is 26.8 Å². The molecule has 0 radical (unpaired) electrons. The van der Waals surface area contributed by atoms with Crippen LogP contribution in [0.4, 0.5) is 0 Å². The zero-order valence-electron chi connectivity index (χ0n) is 9.90. The maximum absolute atomic E-state index is 11.3. The Morgan fingerprint density at radius 3 is 2.65 bits per heavy atom. The minimum Gasteiger partial charge on any atom is -0.466 e. The van der Waals surface area contributed by atoms with E-state index in [-0.39, 0.29) is 5.97 Å². The van der Waals surface area contributed by atoms with Crippen molar-refractivity contribution in [3.63, 3.8) is 0 Å². The Bertz CT molecular complexity index is 413. The maximum atomic E-state index is 11.3. The van der Waals surface area contributed by atoms with Crippen LogP contribution in [0.15, 0.2) is 30.3 Å². The van der Waals surface area contributed by atoms with Crippen molar-refractivity contribution in [3.05, 3.63) is 41.5 Å². The van der Waals surface area contributed by atoms with Crippen LogP contribution in [0.5, 0.6) is 0 Å². The standard InChI is InChI=1S/C13H15BrO3/c1-16-9-11(7-13(15)17-2)12-6-4-3-5-10(12)8-14/h3-7H,8-9H2,1-2H3. The Hall–Kier alpha value is -1.13. The Kier molecular flexibility index (Phi) is 5.94. The van der Waals surface area contributed by atoms with E-state index >= 15 is 0 Å². The molecular formula is C13H15BrO3. The molecule has 1 aromatic rings. The summed E-state index contributed by atoms with van der Waals surface area (Å²) in [5.41, 5.74) is 2.92. The van der Waals surface area contributed by atoms with Crippen LogP contribution in [0.1, 0.15) is 11.1 Å². The first-order valence-corrected chi connectivity index (χ1v) is 6.26. The van der Waals surface area contributed by atoms with E-state index in [1.807, 2.05) is 24.3 Å². The second-order valence-electron chi connectivity index (χ2n) is 3.42. The van der Waals surface area contributed by atoms with Gasteiger partial charge in [0.25, 0.3) is 0 Å². The van der Waals surface area contributed by atoms with Crippen LogP contribution in [-0.2, 0) is 19.6 Å². The fraction of sp³-hybridized carbons (Fsp3) is 0.308. The van der Waals surface area contributed by atoms with Crippen molar-refractivity contribution in [3.8, 4) is 0 Å². The molecule has 0 aliphatic heterocycles. The number of halogens is 1. The van der Waals surface area contributed by atoms with Gasteiger partial charge in [-0.05, 0) is 16.7 Å². The highest BCUT2D eigenvalue weighted by Crippen LogP contribution is 2.21. The molecule has 0 heterocycles. The van der Waals surface area contributed by atoms with Gasteiger partial charge in [-0.15, -0.1) is 0 Å². The molecule has 0 atom stereocenters. The van der Waals surface area contributed by atoms with Crippen molar-refractivity contribution < 1.29 is 14.3 Å². The van der Waals surface area contributed by atoms with Crippen molar-refractivity contribution in [2.24, 2.45) is 0 Å². The van der Waals surface area contributed by atoms with E-state index in [9.17, 15) is 4.79 Å². The van der Waals surface area contributed by atoms with Crippen LogP contribution in [0.3, 0.4) is 0 Å². The van der Waals surface area contributed by atoms with Gasteiger partial charge in [0, 0.05) is 18.5 Å². The van der Waals surface area contributed by atoms with Crippen molar-refractivity contribution in [1.82, 2.24) is 0 Å². The quantitative estimate of drug-likeness (QED) is 0.476. The van der Waals surface area contributed by atoms with E-state index in [2.05, 4.69) is 20.7 Å². The number of methoxy groups -OCH3 is 2. The smallest absolute Gasteiger partial charge is 0.330 e. The topological polar surface area (TPSA) is 35.5 Å². The molecular weight excluding hydrogens is 284 g/mol. The molecule has 17 heavy (non-hydrogen) atoms. The largest absolute Gasteiger partial charge is 0.466 e. The molecule has 0 saturated carbocycles. The van der Waals surface area contributed by atoms with Gasteiger partial charge in [-0.1, -0.05) is 40.2 Å². The highest BCUT2D eigenvalue weighted by atomic mass is 79.9.